The van der Waals surface area contributed by atoms with Crippen LogP contribution in [0.1, 0.15) is 96.8 Å². The SMILES string of the molecule is CCCCCCCCCCCCCCCCN[C@@H](C=O)[C@@H](O)[C@@H](O)[C@H](O)CO. The van der Waals surface area contributed by atoms with Gasteiger partial charge in [0, 0.05) is 0 Å². The first-order chi connectivity index (χ1) is 13.6. The summed E-state index contributed by atoms with van der Waals surface area (Å²) in [6.07, 6.45) is 14.0. The molecule has 6 heteroatoms. The molecule has 0 aromatic carbocycles. The maximum Gasteiger partial charge on any atom is 0.139 e. The van der Waals surface area contributed by atoms with E-state index in [1.54, 1.807) is 0 Å². The lowest BCUT2D eigenvalue weighted by Gasteiger charge is -2.26. The zero-order chi connectivity index (χ0) is 21.0. The number of rotatable bonds is 21. The number of aldehydes is 1. The zero-order valence-corrected chi connectivity index (χ0v) is 17.9. The van der Waals surface area contributed by atoms with Crippen LogP contribution in [0.15, 0.2) is 0 Å². The first-order valence-electron chi connectivity index (χ1n) is 11.4. The second kappa shape index (κ2) is 19.8. The molecular weight excluding hydrogens is 358 g/mol. The Balaban J connectivity index is 3.49. The Bertz CT molecular complexity index is 343. The predicted octanol–water partition coefficient (Wildman–Crippen LogP) is 2.70. The van der Waals surface area contributed by atoms with Gasteiger partial charge in [-0.3, -0.25) is 0 Å². The number of carbonyl (C=O) groups excluding carboxylic acids is 1. The molecule has 0 amide bonds. The van der Waals surface area contributed by atoms with E-state index in [4.69, 9.17) is 5.11 Å². The molecule has 6 nitrogen and oxygen atoms in total. The minimum absolute atomic E-state index is 0.530. The van der Waals surface area contributed by atoms with Gasteiger partial charge in [-0.15, -0.1) is 0 Å². The van der Waals surface area contributed by atoms with Gasteiger partial charge >= 0.3 is 0 Å². The quantitative estimate of drug-likeness (QED) is 0.149. The van der Waals surface area contributed by atoms with Crippen LogP contribution in [0.3, 0.4) is 0 Å². The van der Waals surface area contributed by atoms with E-state index >= 15 is 0 Å². The van der Waals surface area contributed by atoms with Gasteiger partial charge in [0.1, 0.15) is 24.6 Å². The summed E-state index contributed by atoms with van der Waals surface area (Å²) in [5, 5.41) is 40.6. The Hall–Kier alpha value is -0.530. The van der Waals surface area contributed by atoms with Gasteiger partial charge in [-0.1, -0.05) is 90.4 Å². The number of hydrogen-bond donors (Lipinski definition) is 5. The summed E-state index contributed by atoms with van der Waals surface area (Å²) in [6.45, 7) is 2.16. The van der Waals surface area contributed by atoms with E-state index in [1.807, 2.05) is 0 Å². The summed E-state index contributed by atoms with van der Waals surface area (Å²) >= 11 is 0. The minimum Gasteiger partial charge on any atom is -0.394 e. The molecule has 0 aliphatic rings. The zero-order valence-electron chi connectivity index (χ0n) is 17.9. The molecule has 168 valence electrons. The average molecular weight is 404 g/mol. The van der Waals surface area contributed by atoms with Gasteiger partial charge in [0.05, 0.1) is 12.6 Å². The van der Waals surface area contributed by atoms with Crippen molar-refractivity contribution in [3.63, 3.8) is 0 Å². The van der Waals surface area contributed by atoms with Crippen molar-refractivity contribution in [1.82, 2.24) is 5.32 Å². The van der Waals surface area contributed by atoms with Gasteiger partial charge < -0.3 is 30.5 Å². The van der Waals surface area contributed by atoms with E-state index in [0.29, 0.717) is 12.8 Å². The molecule has 0 saturated heterocycles. The fraction of sp³-hybridized carbons (Fsp3) is 0.955. The predicted molar refractivity (Wildman–Crippen MR) is 113 cm³/mol. The van der Waals surface area contributed by atoms with Crippen molar-refractivity contribution < 1.29 is 25.2 Å². The van der Waals surface area contributed by atoms with Crippen LogP contribution in [0.4, 0.5) is 0 Å². The first-order valence-corrected chi connectivity index (χ1v) is 11.4. The Morgan fingerprint density at radius 2 is 1.14 bits per heavy atom. The molecule has 28 heavy (non-hydrogen) atoms. The molecule has 0 aromatic heterocycles. The lowest BCUT2D eigenvalue weighted by atomic mass is 10.0. The summed E-state index contributed by atoms with van der Waals surface area (Å²) in [6, 6.07) is -0.946. The summed E-state index contributed by atoms with van der Waals surface area (Å²) in [5.41, 5.74) is 0. The largest absolute Gasteiger partial charge is 0.394 e. The van der Waals surface area contributed by atoms with E-state index in [0.717, 1.165) is 12.8 Å². The average Bonchev–Trinajstić information content (AvgIpc) is 2.72. The highest BCUT2D eigenvalue weighted by Gasteiger charge is 2.30. The number of carbonyl (C=O) groups is 1. The number of nitrogens with one attached hydrogen (secondary N) is 1. The Labute approximate surface area is 171 Å². The highest BCUT2D eigenvalue weighted by Crippen LogP contribution is 2.13. The molecule has 0 aliphatic carbocycles. The smallest absolute Gasteiger partial charge is 0.139 e. The van der Waals surface area contributed by atoms with E-state index in [1.165, 1.54) is 77.0 Å². The Morgan fingerprint density at radius 1 is 0.714 bits per heavy atom. The van der Waals surface area contributed by atoms with Crippen LogP contribution in [0.25, 0.3) is 0 Å². The van der Waals surface area contributed by atoms with E-state index in [-0.39, 0.29) is 0 Å². The molecule has 0 rings (SSSR count). The summed E-state index contributed by atoms with van der Waals surface area (Å²) in [4.78, 5) is 11.1. The summed E-state index contributed by atoms with van der Waals surface area (Å²) in [7, 11) is 0. The minimum atomic E-state index is -1.55. The highest BCUT2D eigenvalue weighted by atomic mass is 16.4. The molecule has 0 heterocycles. The van der Waals surface area contributed by atoms with Crippen LogP contribution >= 0.6 is 0 Å². The molecule has 0 saturated carbocycles. The summed E-state index contributed by atoms with van der Waals surface area (Å²) in [5.74, 6) is 0. The monoisotopic (exact) mass is 403 g/mol. The normalized spacial score (nSPS) is 15.9. The van der Waals surface area contributed by atoms with Crippen molar-refractivity contribution in [1.29, 1.82) is 0 Å². The molecule has 0 aromatic rings. The van der Waals surface area contributed by atoms with Gasteiger partial charge in [-0.05, 0) is 13.0 Å². The molecular formula is C22H45NO5. The lowest BCUT2D eigenvalue weighted by molar-refractivity contribution is -0.120. The second-order valence-corrected chi connectivity index (χ2v) is 7.94. The van der Waals surface area contributed by atoms with E-state index in [2.05, 4.69) is 12.2 Å². The second-order valence-electron chi connectivity index (χ2n) is 7.94. The molecule has 0 unspecified atom stereocenters. The van der Waals surface area contributed by atoms with Crippen molar-refractivity contribution in [3.8, 4) is 0 Å². The molecule has 0 radical (unpaired) electrons. The lowest BCUT2D eigenvalue weighted by Crippen LogP contribution is -2.52. The van der Waals surface area contributed by atoms with Crippen LogP contribution in [0, 0.1) is 0 Å². The van der Waals surface area contributed by atoms with Crippen LogP contribution in [0.2, 0.25) is 0 Å². The van der Waals surface area contributed by atoms with Gasteiger partial charge in [0.25, 0.3) is 0 Å². The third-order valence-electron chi connectivity index (χ3n) is 5.36. The van der Waals surface area contributed by atoms with Gasteiger partial charge in [0.2, 0.25) is 0 Å². The number of unbranched alkanes of at least 4 members (excludes halogenated alkanes) is 13. The van der Waals surface area contributed by atoms with Crippen LogP contribution < -0.4 is 5.32 Å². The third-order valence-corrected chi connectivity index (χ3v) is 5.36. The van der Waals surface area contributed by atoms with Crippen molar-refractivity contribution >= 4 is 6.29 Å². The molecule has 5 N–H and O–H groups in total. The maximum absolute atomic E-state index is 11.1. The number of aliphatic hydroxyl groups excluding tert-OH is 4. The Kier molecular flexibility index (Phi) is 19.4. The number of hydrogen-bond acceptors (Lipinski definition) is 6. The van der Waals surface area contributed by atoms with Gasteiger partial charge in [-0.2, -0.15) is 0 Å². The van der Waals surface area contributed by atoms with Crippen LogP contribution in [0.5, 0.6) is 0 Å². The molecule has 0 spiro atoms. The summed E-state index contributed by atoms with van der Waals surface area (Å²) < 4.78 is 0. The fourth-order valence-corrected chi connectivity index (χ4v) is 3.39. The highest BCUT2D eigenvalue weighted by molar-refractivity contribution is 5.58. The topological polar surface area (TPSA) is 110 Å². The third kappa shape index (κ3) is 14.5. The molecule has 0 aliphatic heterocycles. The van der Waals surface area contributed by atoms with Gasteiger partial charge in [-0.25, -0.2) is 0 Å². The van der Waals surface area contributed by atoms with Crippen molar-refractivity contribution in [2.75, 3.05) is 13.2 Å². The molecule has 0 bridgehead atoms. The van der Waals surface area contributed by atoms with Crippen molar-refractivity contribution in [2.24, 2.45) is 0 Å². The van der Waals surface area contributed by atoms with E-state index in [9.17, 15) is 20.1 Å². The van der Waals surface area contributed by atoms with Gasteiger partial charge in [0.15, 0.2) is 0 Å². The van der Waals surface area contributed by atoms with Crippen molar-refractivity contribution in [3.05, 3.63) is 0 Å². The standard InChI is InChI=1S/C22H45NO5/c1-2-3-4-5-6-7-8-9-10-11-12-13-14-15-16-23-19(17-24)21(27)22(28)20(26)18-25/h17,19-23,25-28H,2-16,18H2,1H3/t19-,20+,21+,22-/m0/s1. The number of aliphatic hydroxyl groups is 4. The van der Waals surface area contributed by atoms with Crippen LogP contribution in [-0.2, 0) is 4.79 Å². The molecule has 4 atom stereocenters. The fourth-order valence-electron chi connectivity index (χ4n) is 3.39. The maximum atomic E-state index is 11.1. The van der Waals surface area contributed by atoms with Crippen molar-refractivity contribution in [2.45, 2.75) is 121 Å². The first kappa shape index (κ1) is 27.5. The molecule has 0 fully saturated rings. The van der Waals surface area contributed by atoms with Crippen LogP contribution in [-0.4, -0.2) is 64.2 Å². The van der Waals surface area contributed by atoms with E-state index < -0.39 is 31.0 Å². The Morgan fingerprint density at radius 3 is 1.54 bits per heavy atom.